The average molecular weight is 226 g/mol. The predicted molar refractivity (Wildman–Crippen MR) is 66.7 cm³/mol. The molecule has 1 rings (SSSR count). The Kier molecular flexibility index (Phi) is 3.72. The summed E-state index contributed by atoms with van der Waals surface area (Å²) in [5, 5.41) is 1.88. The third kappa shape index (κ3) is 2.59. The summed E-state index contributed by atoms with van der Waals surface area (Å²) in [7, 11) is 3.55. The molecule has 1 saturated heterocycles. The van der Waals surface area contributed by atoms with Crippen LogP contribution >= 0.6 is 0 Å². The lowest BCUT2D eigenvalue weighted by Gasteiger charge is -2.32. The maximum Gasteiger partial charge on any atom is 0.491 e. The minimum absolute atomic E-state index is 0.263. The minimum atomic E-state index is -0.273. The van der Waals surface area contributed by atoms with Gasteiger partial charge in [-0.25, -0.2) is 5.43 Å². The first-order valence-electron chi connectivity index (χ1n) is 5.64. The first-order valence-corrected chi connectivity index (χ1v) is 5.64. The van der Waals surface area contributed by atoms with Crippen molar-refractivity contribution < 1.29 is 9.31 Å². The molecular weight excluding hydrogens is 203 g/mol. The van der Waals surface area contributed by atoms with E-state index in [4.69, 9.17) is 9.31 Å². The molecule has 0 radical (unpaired) electrons. The van der Waals surface area contributed by atoms with E-state index in [9.17, 15) is 0 Å². The molecule has 1 fully saturated rings. The smallest absolute Gasteiger partial charge is 0.400 e. The van der Waals surface area contributed by atoms with Crippen LogP contribution in [0.4, 0.5) is 0 Å². The predicted octanol–water partition coefficient (Wildman–Crippen LogP) is 1.59. The van der Waals surface area contributed by atoms with Crippen molar-refractivity contribution in [3.63, 3.8) is 0 Å². The molecule has 92 valence electrons. The van der Waals surface area contributed by atoms with Crippen LogP contribution < -0.4 is 5.43 Å². The molecule has 1 aliphatic heterocycles. The number of allylic oxidation sites excluding steroid dienone is 1. The van der Waals surface area contributed by atoms with E-state index in [0.29, 0.717) is 0 Å². The summed E-state index contributed by atoms with van der Waals surface area (Å²) >= 11 is 0. The molecule has 0 bridgehead atoms. The Balaban J connectivity index is 2.76. The van der Waals surface area contributed by atoms with Crippen LogP contribution in [-0.2, 0) is 9.31 Å². The van der Waals surface area contributed by atoms with Crippen LogP contribution in [0.25, 0.3) is 0 Å². The molecule has 0 spiro atoms. The number of nitrogens with one attached hydrogen (secondary N) is 1. The summed E-state index contributed by atoms with van der Waals surface area (Å²) in [6.07, 6.45) is 1.97. The van der Waals surface area contributed by atoms with E-state index in [1.165, 1.54) is 0 Å². The zero-order valence-electron chi connectivity index (χ0n) is 11.4. The summed E-state index contributed by atoms with van der Waals surface area (Å²) < 4.78 is 11.9. The number of hydrazine groups is 1. The fraction of sp³-hybridized carbons (Fsp3) is 0.818. The summed E-state index contributed by atoms with van der Waals surface area (Å²) in [6, 6.07) is 0. The highest BCUT2D eigenvalue weighted by atomic mass is 16.7. The molecule has 0 saturated carbocycles. The van der Waals surface area contributed by atoms with Crippen LogP contribution in [0.5, 0.6) is 0 Å². The van der Waals surface area contributed by atoms with Gasteiger partial charge in [0, 0.05) is 20.3 Å². The summed E-state index contributed by atoms with van der Waals surface area (Å²) in [5.41, 5.74) is 3.51. The topological polar surface area (TPSA) is 33.7 Å². The number of rotatable bonds is 3. The maximum absolute atomic E-state index is 5.93. The van der Waals surface area contributed by atoms with Crippen molar-refractivity contribution in [2.45, 2.75) is 45.8 Å². The monoisotopic (exact) mass is 226 g/mol. The second-order valence-electron chi connectivity index (χ2n) is 5.30. The third-order valence-electron chi connectivity index (χ3n) is 3.38. The number of hydrogen-bond donors (Lipinski definition) is 1. The van der Waals surface area contributed by atoms with Crippen LogP contribution in [0, 0.1) is 0 Å². The van der Waals surface area contributed by atoms with E-state index < -0.39 is 0 Å². The Bertz CT molecular complexity index is 274. The normalized spacial score (nSPS) is 23.7. The quantitative estimate of drug-likeness (QED) is 0.585. The molecule has 4 nitrogen and oxygen atoms in total. The molecule has 0 aromatic carbocycles. The molecule has 0 unspecified atom stereocenters. The molecule has 0 atom stereocenters. The van der Waals surface area contributed by atoms with E-state index in [1.807, 2.05) is 32.2 Å². The van der Waals surface area contributed by atoms with Gasteiger partial charge >= 0.3 is 7.12 Å². The molecule has 0 aromatic heterocycles. The van der Waals surface area contributed by atoms with Gasteiger partial charge < -0.3 is 14.3 Å². The molecule has 1 aliphatic rings. The zero-order chi connectivity index (χ0) is 12.6. The Morgan fingerprint density at radius 2 is 1.62 bits per heavy atom. The second-order valence-corrected chi connectivity index (χ2v) is 5.30. The van der Waals surface area contributed by atoms with Crippen LogP contribution in [0.1, 0.15) is 34.6 Å². The van der Waals surface area contributed by atoms with Gasteiger partial charge in [-0.3, -0.25) is 0 Å². The van der Waals surface area contributed by atoms with Crippen molar-refractivity contribution >= 4 is 7.12 Å². The van der Waals surface area contributed by atoms with Crippen LogP contribution in [0.15, 0.2) is 11.7 Å². The molecular formula is C11H23BN2O2. The molecule has 16 heavy (non-hydrogen) atoms. The Labute approximate surface area is 99.1 Å². The highest BCUT2D eigenvalue weighted by Gasteiger charge is 2.51. The van der Waals surface area contributed by atoms with Gasteiger partial charge in [-0.2, -0.15) is 0 Å². The van der Waals surface area contributed by atoms with Gasteiger partial charge in [0.2, 0.25) is 0 Å². The molecule has 1 N–H and O–H groups in total. The van der Waals surface area contributed by atoms with E-state index in [-0.39, 0.29) is 18.3 Å². The first kappa shape index (κ1) is 13.5. The number of hydrogen-bond acceptors (Lipinski definition) is 4. The summed E-state index contributed by atoms with van der Waals surface area (Å²) in [5.74, 6) is 0. The largest absolute Gasteiger partial charge is 0.491 e. The van der Waals surface area contributed by atoms with Crippen molar-refractivity contribution in [2.24, 2.45) is 0 Å². The van der Waals surface area contributed by atoms with Gasteiger partial charge in [-0.15, -0.1) is 0 Å². The van der Waals surface area contributed by atoms with Crippen molar-refractivity contribution in [1.82, 2.24) is 10.4 Å². The van der Waals surface area contributed by atoms with Crippen LogP contribution in [0.3, 0.4) is 0 Å². The van der Waals surface area contributed by atoms with E-state index in [0.717, 1.165) is 5.47 Å². The van der Waals surface area contributed by atoms with Crippen molar-refractivity contribution in [3.8, 4) is 0 Å². The van der Waals surface area contributed by atoms with Crippen molar-refractivity contribution in [2.75, 3.05) is 14.1 Å². The molecule has 0 aromatic rings. The zero-order valence-corrected chi connectivity index (χ0v) is 11.4. The minimum Gasteiger partial charge on any atom is -0.400 e. The lowest BCUT2D eigenvalue weighted by atomic mass is 9.80. The Morgan fingerprint density at radius 3 is 2.00 bits per heavy atom. The van der Waals surface area contributed by atoms with Gasteiger partial charge in [0.25, 0.3) is 0 Å². The Hall–Kier alpha value is -0.515. The van der Waals surface area contributed by atoms with Crippen LogP contribution in [0.2, 0.25) is 0 Å². The molecule has 0 aliphatic carbocycles. The van der Waals surface area contributed by atoms with Gasteiger partial charge in [0.05, 0.1) is 11.2 Å². The van der Waals surface area contributed by atoms with Crippen molar-refractivity contribution in [3.05, 3.63) is 11.7 Å². The number of nitrogens with zero attached hydrogens (tertiary/aromatic N) is 1. The fourth-order valence-corrected chi connectivity index (χ4v) is 1.46. The lowest BCUT2D eigenvalue weighted by Crippen LogP contribution is -2.41. The standard InChI is InChI=1S/C11H23BN2O2/c1-9(8-14(7)13-6)12-15-10(2,3)11(4,5)16-12/h8,13H,1-7H3/b9-8+. The maximum atomic E-state index is 5.93. The Morgan fingerprint density at radius 1 is 1.19 bits per heavy atom. The molecule has 1 heterocycles. The summed E-state index contributed by atoms with van der Waals surface area (Å²) in [6.45, 7) is 10.2. The van der Waals surface area contributed by atoms with Gasteiger partial charge in [0.15, 0.2) is 0 Å². The third-order valence-corrected chi connectivity index (χ3v) is 3.38. The highest BCUT2D eigenvalue weighted by molar-refractivity contribution is 6.54. The van der Waals surface area contributed by atoms with Crippen LogP contribution in [-0.4, -0.2) is 37.4 Å². The van der Waals surface area contributed by atoms with E-state index in [1.54, 1.807) is 0 Å². The van der Waals surface area contributed by atoms with E-state index in [2.05, 4.69) is 33.1 Å². The first-order chi connectivity index (χ1) is 7.19. The SMILES string of the molecule is CNN(C)/C=C(\C)B1OC(C)(C)C(C)(C)O1. The highest BCUT2D eigenvalue weighted by Crippen LogP contribution is 2.38. The van der Waals surface area contributed by atoms with Gasteiger partial charge in [-0.1, -0.05) is 0 Å². The fourth-order valence-electron chi connectivity index (χ4n) is 1.46. The molecule has 0 amide bonds. The van der Waals surface area contributed by atoms with Gasteiger partial charge in [0.1, 0.15) is 0 Å². The van der Waals surface area contributed by atoms with Crippen molar-refractivity contribution in [1.29, 1.82) is 0 Å². The molecule has 5 heteroatoms. The second kappa shape index (κ2) is 4.39. The van der Waals surface area contributed by atoms with E-state index >= 15 is 0 Å². The lowest BCUT2D eigenvalue weighted by molar-refractivity contribution is 0.00578. The van der Waals surface area contributed by atoms with Gasteiger partial charge in [-0.05, 0) is 40.1 Å². The average Bonchev–Trinajstić information content (AvgIpc) is 2.36. The summed E-state index contributed by atoms with van der Waals surface area (Å²) in [4.78, 5) is 0.